The molecule has 3 heterocycles. The average molecular weight is 476 g/mol. The molecule has 0 N–H and O–H groups in total. The van der Waals surface area contributed by atoms with Crippen LogP contribution >= 0.6 is 0 Å². The monoisotopic (exact) mass is 475 g/mol. The van der Waals surface area contributed by atoms with Gasteiger partial charge in [-0.05, 0) is 29.0 Å². The second-order valence-corrected chi connectivity index (χ2v) is 8.90. The summed E-state index contributed by atoms with van der Waals surface area (Å²) < 4.78 is 2.02. The van der Waals surface area contributed by atoms with Crippen molar-refractivity contribution in [1.29, 1.82) is 0 Å². The Hall–Kier alpha value is -5.16. The van der Waals surface area contributed by atoms with E-state index in [0.717, 1.165) is 39.0 Å². The summed E-state index contributed by atoms with van der Waals surface area (Å²) in [5.74, 6) is 1.94. The third-order valence-electron chi connectivity index (χ3n) is 6.48. The minimum atomic E-state index is 0.638. The molecule has 0 bridgehead atoms. The third kappa shape index (κ3) is 4.02. The van der Waals surface area contributed by atoms with E-state index in [1.165, 1.54) is 5.39 Å². The molecule has 0 saturated carbocycles. The van der Waals surface area contributed by atoms with Gasteiger partial charge in [-0.2, -0.15) is 0 Å². The van der Waals surface area contributed by atoms with Crippen molar-refractivity contribution in [1.82, 2.24) is 24.3 Å². The highest BCUT2D eigenvalue weighted by Crippen LogP contribution is 2.28. The number of hydrogen-bond donors (Lipinski definition) is 0. The Bertz CT molecular complexity index is 1840. The quantitative estimate of drug-likeness (QED) is 0.267. The van der Waals surface area contributed by atoms with Gasteiger partial charge in [0.15, 0.2) is 17.5 Å². The summed E-state index contributed by atoms with van der Waals surface area (Å²) in [5, 5.41) is 2.34. The van der Waals surface area contributed by atoms with Crippen LogP contribution in [0.15, 0.2) is 128 Å². The van der Waals surface area contributed by atoms with Crippen LogP contribution < -0.4 is 0 Å². The normalized spacial score (nSPS) is 11.2. The Labute approximate surface area is 213 Å². The largest absolute Gasteiger partial charge is 0.306 e. The van der Waals surface area contributed by atoms with Crippen molar-refractivity contribution in [3.63, 3.8) is 0 Å². The van der Waals surface area contributed by atoms with Crippen molar-refractivity contribution < 1.29 is 0 Å². The van der Waals surface area contributed by atoms with E-state index < -0.39 is 0 Å². The zero-order valence-corrected chi connectivity index (χ0v) is 19.9. The lowest BCUT2D eigenvalue weighted by molar-refractivity contribution is 1.07. The molecule has 0 amide bonds. The van der Waals surface area contributed by atoms with Gasteiger partial charge in [0.05, 0.1) is 5.69 Å². The molecule has 174 valence electrons. The molecule has 7 aromatic rings. The Morgan fingerprint density at radius 3 is 1.78 bits per heavy atom. The number of imidazole rings is 1. The first-order valence-electron chi connectivity index (χ1n) is 12.2. The van der Waals surface area contributed by atoms with Crippen LogP contribution in [0.5, 0.6) is 0 Å². The van der Waals surface area contributed by atoms with Crippen LogP contribution in [0.4, 0.5) is 0 Å². The molecule has 7 rings (SSSR count). The van der Waals surface area contributed by atoms with Gasteiger partial charge in [-0.25, -0.2) is 19.9 Å². The van der Waals surface area contributed by atoms with Crippen LogP contribution in [-0.2, 0) is 0 Å². The van der Waals surface area contributed by atoms with Crippen LogP contribution in [0.1, 0.15) is 0 Å². The van der Waals surface area contributed by atoms with Crippen LogP contribution in [-0.4, -0.2) is 24.3 Å². The van der Waals surface area contributed by atoms with Crippen LogP contribution in [0.3, 0.4) is 0 Å². The molecule has 0 fully saturated rings. The van der Waals surface area contributed by atoms with Gasteiger partial charge in [0, 0.05) is 34.6 Å². The SMILES string of the molecule is c1ccc(-c2nc(-c3ccc(-c4cn5ccccc5n4)cc3)nc(-c3ccc4ccccc4c3)n2)cc1. The summed E-state index contributed by atoms with van der Waals surface area (Å²) in [5.41, 5.74) is 5.73. The van der Waals surface area contributed by atoms with E-state index in [9.17, 15) is 0 Å². The predicted octanol–water partition coefficient (Wildman–Crippen LogP) is 7.34. The summed E-state index contributed by atoms with van der Waals surface area (Å²) in [6.45, 7) is 0. The number of benzene rings is 4. The maximum atomic E-state index is 4.90. The van der Waals surface area contributed by atoms with Crippen LogP contribution in [0, 0.1) is 0 Å². The molecule has 5 heteroatoms. The number of nitrogens with zero attached hydrogens (tertiary/aromatic N) is 5. The molecule has 0 aliphatic heterocycles. The molecular formula is C32H21N5. The van der Waals surface area contributed by atoms with Gasteiger partial charge in [-0.1, -0.05) is 97.1 Å². The highest BCUT2D eigenvalue weighted by Gasteiger charge is 2.13. The van der Waals surface area contributed by atoms with E-state index in [1.807, 2.05) is 89.6 Å². The fourth-order valence-electron chi connectivity index (χ4n) is 4.54. The van der Waals surface area contributed by atoms with Gasteiger partial charge in [0.1, 0.15) is 5.65 Å². The molecule has 5 nitrogen and oxygen atoms in total. The number of pyridine rings is 1. The maximum Gasteiger partial charge on any atom is 0.164 e. The molecule has 0 radical (unpaired) electrons. The van der Waals surface area contributed by atoms with E-state index in [1.54, 1.807) is 0 Å². The fourth-order valence-corrected chi connectivity index (χ4v) is 4.54. The summed E-state index contributed by atoms with van der Waals surface area (Å²) in [7, 11) is 0. The lowest BCUT2D eigenvalue weighted by atomic mass is 10.1. The molecule has 0 atom stereocenters. The molecule has 0 spiro atoms. The molecule has 37 heavy (non-hydrogen) atoms. The van der Waals surface area contributed by atoms with E-state index in [-0.39, 0.29) is 0 Å². The number of aromatic nitrogens is 5. The second-order valence-electron chi connectivity index (χ2n) is 8.90. The fraction of sp³-hybridized carbons (Fsp3) is 0. The van der Waals surface area contributed by atoms with E-state index in [2.05, 4.69) is 42.5 Å². The lowest BCUT2D eigenvalue weighted by Crippen LogP contribution is -2.00. The molecule has 0 unspecified atom stereocenters. The van der Waals surface area contributed by atoms with Gasteiger partial charge >= 0.3 is 0 Å². The zero-order valence-electron chi connectivity index (χ0n) is 19.9. The average Bonchev–Trinajstić information content (AvgIpc) is 3.42. The smallest absolute Gasteiger partial charge is 0.164 e. The molecule has 0 saturated heterocycles. The predicted molar refractivity (Wildman–Crippen MR) is 148 cm³/mol. The van der Waals surface area contributed by atoms with Gasteiger partial charge in [-0.3, -0.25) is 0 Å². The minimum absolute atomic E-state index is 0.638. The number of hydrogen-bond acceptors (Lipinski definition) is 4. The van der Waals surface area contributed by atoms with E-state index in [4.69, 9.17) is 19.9 Å². The van der Waals surface area contributed by atoms with E-state index >= 15 is 0 Å². The first kappa shape index (κ1) is 21.1. The second kappa shape index (κ2) is 8.81. The first-order chi connectivity index (χ1) is 18.3. The molecule has 0 aliphatic carbocycles. The van der Waals surface area contributed by atoms with Crippen LogP contribution in [0.2, 0.25) is 0 Å². The molecule has 0 aliphatic rings. The van der Waals surface area contributed by atoms with E-state index in [0.29, 0.717) is 17.5 Å². The lowest BCUT2D eigenvalue weighted by Gasteiger charge is -2.09. The van der Waals surface area contributed by atoms with Gasteiger partial charge in [0.2, 0.25) is 0 Å². The zero-order chi connectivity index (χ0) is 24.6. The van der Waals surface area contributed by atoms with Gasteiger partial charge < -0.3 is 4.40 Å². The standard InChI is InChI=1S/C32H21N5/c1-2-9-24(10-3-1)30-34-31(36-32(35-30)27-18-13-22-8-4-5-11-26(22)20-27)25-16-14-23(15-17-25)28-21-37-19-7-6-12-29(37)33-28/h1-21H. The first-order valence-corrected chi connectivity index (χ1v) is 12.2. The molecule has 4 aromatic carbocycles. The summed E-state index contributed by atoms with van der Waals surface area (Å²) >= 11 is 0. The third-order valence-corrected chi connectivity index (χ3v) is 6.48. The Morgan fingerprint density at radius 1 is 0.432 bits per heavy atom. The topological polar surface area (TPSA) is 56.0 Å². The van der Waals surface area contributed by atoms with Gasteiger partial charge in [-0.15, -0.1) is 0 Å². The highest BCUT2D eigenvalue weighted by molar-refractivity contribution is 5.86. The maximum absolute atomic E-state index is 4.90. The summed E-state index contributed by atoms with van der Waals surface area (Å²) in [4.78, 5) is 19.4. The minimum Gasteiger partial charge on any atom is -0.306 e. The Morgan fingerprint density at radius 2 is 1.03 bits per heavy atom. The van der Waals surface area contributed by atoms with Crippen molar-refractivity contribution in [2.24, 2.45) is 0 Å². The summed E-state index contributed by atoms with van der Waals surface area (Å²) in [6, 6.07) is 38.9. The molecule has 3 aromatic heterocycles. The Kier molecular flexibility index (Phi) is 5.03. The number of fused-ring (bicyclic) bond motifs is 2. The van der Waals surface area contributed by atoms with Crippen molar-refractivity contribution in [2.75, 3.05) is 0 Å². The van der Waals surface area contributed by atoms with Crippen LogP contribution in [0.25, 0.3) is 61.8 Å². The highest BCUT2D eigenvalue weighted by atomic mass is 15.0. The van der Waals surface area contributed by atoms with Crippen molar-refractivity contribution in [3.05, 3.63) is 128 Å². The van der Waals surface area contributed by atoms with Crippen molar-refractivity contribution >= 4 is 16.4 Å². The van der Waals surface area contributed by atoms with Crippen molar-refractivity contribution in [3.8, 4) is 45.4 Å². The number of rotatable bonds is 4. The molecular weight excluding hydrogens is 454 g/mol. The van der Waals surface area contributed by atoms with Crippen molar-refractivity contribution in [2.45, 2.75) is 0 Å². The Balaban J connectivity index is 1.33. The van der Waals surface area contributed by atoms with Gasteiger partial charge in [0.25, 0.3) is 0 Å². The summed E-state index contributed by atoms with van der Waals surface area (Å²) in [6.07, 6.45) is 4.04.